The van der Waals surface area contributed by atoms with Crippen molar-refractivity contribution in [2.45, 2.75) is 26.7 Å². The molecule has 6 nitrogen and oxygen atoms in total. The van der Waals surface area contributed by atoms with Gasteiger partial charge < -0.3 is 18.8 Å². The summed E-state index contributed by atoms with van der Waals surface area (Å²) in [5.74, 6) is 1.66. The number of rotatable bonds is 4. The van der Waals surface area contributed by atoms with Crippen LogP contribution in [-0.4, -0.2) is 37.6 Å². The number of likely N-dealkylation sites (tertiary alicyclic amines) is 1. The Morgan fingerprint density at radius 2 is 2.00 bits per heavy atom. The van der Waals surface area contributed by atoms with Gasteiger partial charge in [-0.05, 0) is 56.0 Å². The zero-order chi connectivity index (χ0) is 20.5. The summed E-state index contributed by atoms with van der Waals surface area (Å²) in [6, 6.07) is 9.04. The summed E-state index contributed by atoms with van der Waals surface area (Å²) >= 11 is 0. The van der Waals surface area contributed by atoms with Crippen molar-refractivity contribution < 1.29 is 18.7 Å². The first-order chi connectivity index (χ1) is 14.0. The molecule has 3 aromatic rings. The quantitative estimate of drug-likeness (QED) is 0.495. The van der Waals surface area contributed by atoms with E-state index in [-0.39, 0.29) is 12.5 Å². The average molecular weight is 395 g/mol. The minimum Gasteiger partial charge on any atom is -0.497 e. The third-order valence-electron chi connectivity index (χ3n) is 5.65. The Labute approximate surface area is 169 Å². The van der Waals surface area contributed by atoms with Crippen molar-refractivity contribution in [3.05, 3.63) is 46.3 Å². The standard InChI is InChI=1S/C23H25NO5/c1-14-5-4-10-24(12-14)21(25)13-28-20-9-8-18-17-7-6-16(27-3)11-19(17)23(26)29-22(18)15(20)2/h6-9,11,14H,4-5,10,12-13H2,1-3H3/t14-/m1/s1. The summed E-state index contributed by atoms with van der Waals surface area (Å²) in [4.78, 5) is 26.9. The molecule has 4 rings (SSSR count). The topological polar surface area (TPSA) is 69.0 Å². The minimum absolute atomic E-state index is 0.0110. The number of benzene rings is 2. The number of nitrogens with zero attached hydrogens (tertiary/aromatic N) is 1. The molecular weight excluding hydrogens is 370 g/mol. The molecule has 1 atom stereocenters. The van der Waals surface area contributed by atoms with Crippen LogP contribution in [0.15, 0.2) is 39.5 Å². The fourth-order valence-electron chi connectivity index (χ4n) is 4.02. The molecule has 2 aromatic carbocycles. The van der Waals surface area contributed by atoms with E-state index in [9.17, 15) is 9.59 Å². The molecule has 1 amide bonds. The van der Waals surface area contributed by atoms with E-state index in [4.69, 9.17) is 13.9 Å². The van der Waals surface area contributed by atoms with E-state index < -0.39 is 5.63 Å². The highest BCUT2D eigenvalue weighted by Gasteiger charge is 2.21. The van der Waals surface area contributed by atoms with Gasteiger partial charge in [-0.3, -0.25) is 4.79 Å². The predicted molar refractivity (Wildman–Crippen MR) is 112 cm³/mol. The molecule has 1 aliphatic heterocycles. The lowest BCUT2D eigenvalue weighted by molar-refractivity contribution is -0.135. The zero-order valence-electron chi connectivity index (χ0n) is 17.0. The molecule has 6 heteroatoms. The molecule has 0 N–H and O–H groups in total. The first kappa shape index (κ1) is 19.3. The number of carbonyl (C=O) groups excluding carboxylic acids is 1. The van der Waals surface area contributed by atoms with Crippen molar-refractivity contribution in [3.8, 4) is 11.5 Å². The zero-order valence-corrected chi connectivity index (χ0v) is 17.0. The lowest BCUT2D eigenvalue weighted by Crippen LogP contribution is -2.41. The van der Waals surface area contributed by atoms with Crippen LogP contribution in [0.4, 0.5) is 0 Å². The van der Waals surface area contributed by atoms with Crippen LogP contribution in [0.2, 0.25) is 0 Å². The Morgan fingerprint density at radius 3 is 2.76 bits per heavy atom. The second-order valence-electron chi connectivity index (χ2n) is 7.74. The maximum Gasteiger partial charge on any atom is 0.344 e. The lowest BCUT2D eigenvalue weighted by atomic mass is 10.0. The second kappa shape index (κ2) is 7.78. The average Bonchev–Trinajstić information content (AvgIpc) is 2.73. The van der Waals surface area contributed by atoms with Gasteiger partial charge in [-0.15, -0.1) is 0 Å². The van der Waals surface area contributed by atoms with Crippen molar-refractivity contribution in [1.29, 1.82) is 0 Å². The van der Waals surface area contributed by atoms with Crippen LogP contribution in [0, 0.1) is 12.8 Å². The molecule has 152 valence electrons. The number of hydrogen-bond donors (Lipinski definition) is 0. The van der Waals surface area contributed by atoms with E-state index in [1.165, 1.54) is 0 Å². The van der Waals surface area contributed by atoms with Crippen molar-refractivity contribution in [1.82, 2.24) is 4.90 Å². The van der Waals surface area contributed by atoms with Gasteiger partial charge in [0.15, 0.2) is 6.61 Å². The minimum atomic E-state index is -0.426. The highest BCUT2D eigenvalue weighted by molar-refractivity contribution is 6.06. The molecule has 0 bridgehead atoms. The third-order valence-corrected chi connectivity index (χ3v) is 5.65. The van der Waals surface area contributed by atoms with Crippen molar-refractivity contribution in [2.75, 3.05) is 26.8 Å². The summed E-state index contributed by atoms with van der Waals surface area (Å²) in [5, 5.41) is 2.09. The Bertz CT molecular complexity index is 1130. The van der Waals surface area contributed by atoms with Gasteiger partial charge in [0.1, 0.15) is 17.1 Å². The number of hydrogen-bond acceptors (Lipinski definition) is 5. The Kier molecular flexibility index (Phi) is 5.18. The van der Waals surface area contributed by atoms with E-state index in [1.54, 1.807) is 13.2 Å². The van der Waals surface area contributed by atoms with Crippen LogP contribution < -0.4 is 15.1 Å². The van der Waals surface area contributed by atoms with Gasteiger partial charge >= 0.3 is 5.63 Å². The number of aryl methyl sites for hydroxylation is 1. The Balaban J connectivity index is 1.63. The molecule has 29 heavy (non-hydrogen) atoms. The van der Waals surface area contributed by atoms with E-state index in [1.807, 2.05) is 36.1 Å². The van der Waals surface area contributed by atoms with Crippen LogP contribution >= 0.6 is 0 Å². The number of methoxy groups -OCH3 is 1. The number of piperidine rings is 1. The fourth-order valence-corrected chi connectivity index (χ4v) is 4.02. The van der Waals surface area contributed by atoms with E-state index >= 15 is 0 Å². The van der Waals surface area contributed by atoms with Crippen LogP contribution in [0.5, 0.6) is 11.5 Å². The third kappa shape index (κ3) is 3.67. The molecule has 1 aromatic heterocycles. The summed E-state index contributed by atoms with van der Waals surface area (Å²) in [7, 11) is 1.56. The van der Waals surface area contributed by atoms with Gasteiger partial charge in [0.2, 0.25) is 0 Å². The Morgan fingerprint density at radius 1 is 1.21 bits per heavy atom. The monoisotopic (exact) mass is 395 g/mol. The molecule has 2 heterocycles. The molecule has 0 radical (unpaired) electrons. The second-order valence-corrected chi connectivity index (χ2v) is 7.74. The molecular formula is C23H25NO5. The molecule has 0 spiro atoms. The van der Waals surface area contributed by atoms with E-state index in [2.05, 4.69) is 6.92 Å². The normalized spacial score (nSPS) is 16.9. The molecule has 1 saturated heterocycles. The molecule has 0 aliphatic carbocycles. The SMILES string of the molecule is COc1ccc2c(c1)c(=O)oc1c(C)c(OCC(=O)N3CCC[C@@H](C)C3)ccc12. The van der Waals surface area contributed by atoms with Crippen molar-refractivity contribution in [3.63, 3.8) is 0 Å². The molecule has 0 saturated carbocycles. The van der Waals surface area contributed by atoms with E-state index in [0.717, 1.165) is 36.7 Å². The largest absolute Gasteiger partial charge is 0.497 e. The van der Waals surface area contributed by atoms with Crippen LogP contribution in [-0.2, 0) is 4.79 Å². The van der Waals surface area contributed by atoms with Gasteiger partial charge in [-0.2, -0.15) is 0 Å². The van der Waals surface area contributed by atoms with E-state index in [0.29, 0.717) is 33.9 Å². The first-order valence-corrected chi connectivity index (χ1v) is 9.92. The summed E-state index contributed by atoms with van der Waals surface area (Å²) < 4.78 is 16.6. The molecule has 1 fully saturated rings. The van der Waals surface area contributed by atoms with Crippen LogP contribution in [0.1, 0.15) is 25.3 Å². The lowest BCUT2D eigenvalue weighted by Gasteiger charge is -2.30. The Hall–Kier alpha value is -3.02. The predicted octanol–water partition coefficient (Wildman–Crippen LogP) is 3.90. The maximum absolute atomic E-state index is 12.5. The van der Waals surface area contributed by atoms with Gasteiger partial charge in [0.25, 0.3) is 5.91 Å². The number of ether oxygens (including phenoxy) is 2. The molecule has 1 aliphatic rings. The van der Waals surface area contributed by atoms with Crippen molar-refractivity contribution >= 4 is 27.6 Å². The summed E-state index contributed by atoms with van der Waals surface area (Å²) in [6.45, 7) is 5.55. The summed E-state index contributed by atoms with van der Waals surface area (Å²) in [6.07, 6.45) is 2.19. The van der Waals surface area contributed by atoms with Gasteiger partial charge in [-0.25, -0.2) is 4.79 Å². The highest BCUT2D eigenvalue weighted by atomic mass is 16.5. The summed E-state index contributed by atoms with van der Waals surface area (Å²) in [5.41, 5.74) is 0.756. The number of amides is 1. The first-order valence-electron chi connectivity index (χ1n) is 9.92. The van der Waals surface area contributed by atoms with Crippen molar-refractivity contribution in [2.24, 2.45) is 5.92 Å². The van der Waals surface area contributed by atoms with Gasteiger partial charge in [0.05, 0.1) is 12.5 Å². The van der Waals surface area contributed by atoms with Crippen LogP contribution in [0.3, 0.4) is 0 Å². The number of carbonyl (C=O) groups is 1. The number of fused-ring (bicyclic) bond motifs is 3. The smallest absolute Gasteiger partial charge is 0.344 e. The van der Waals surface area contributed by atoms with Gasteiger partial charge in [0, 0.05) is 29.4 Å². The fraction of sp³-hybridized carbons (Fsp3) is 0.391. The highest BCUT2D eigenvalue weighted by Crippen LogP contribution is 2.32. The van der Waals surface area contributed by atoms with Gasteiger partial charge in [-0.1, -0.05) is 6.92 Å². The maximum atomic E-state index is 12.5. The molecule has 0 unspecified atom stereocenters. The van der Waals surface area contributed by atoms with Crippen LogP contribution in [0.25, 0.3) is 21.7 Å².